The van der Waals surface area contributed by atoms with Gasteiger partial charge in [-0.3, -0.25) is 19.9 Å². The van der Waals surface area contributed by atoms with Crippen molar-refractivity contribution in [2.75, 3.05) is 13.7 Å². The number of carbonyl (C=O) groups excluding carboxylic acids is 2. The van der Waals surface area contributed by atoms with Gasteiger partial charge in [-0.1, -0.05) is 38.1 Å². The quantitative estimate of drug-likeness (QED) is 0.452. The van der Waals surface area contributed by atoms with Crippen molar-refractivity contribution in [3.05, 3.63) is 42.5 Å². The molecule has 1 aromatic rings. The summed E-state index contributed by atoms with van der Waals surface area (Å²) in [6.07, 6.45) is 3.90. The maximum absolute atomic E-state index is 13.4. The summed E-state index contributed by atoms with van der Waals surface area (Å²) < 4.78 is 11.4. The molecule has 1 aromatic carbocycles. The number of rotatable bonds is 9. The average molecular weight is 497 g/mol. The largest absolute Gasteiger partial charge is 0.487 e. The van der Waals surface area contributed by atoms with Gasteiger partial charge in [0.15, 0.2) is 5.96 Å². The van der Waals surface area contributed by atoms with Crippen LogP contribution < -0.4 is 15.4 Å². The van der Waals surface area contributed by atoms with E-state index in [1.54, 1.807) is 18.1 Å². The molecular formula is C28H40N4O4. The first-order valence-electron chi connectivity index (χ1n) is 12.9. The molecule has 3 aliphatic rings. The van der Waals surface area contributed by atoms with Crippen LogP contribution in [0.3, 0.4) is 0 Å². The second kappa shape index (κ2) is 9.88. The Morgan fingerprint density at radius 2 is 2.11 bits per heavy atom. The van der Waals surface area contributed by atoms with Gasteiger partial charge in [-0.2, -0.15) is 0 Å². The zero-order chi connectivity index (χ0) is 26.3. The van der Waals surface area contributed by atoms with Crippen molar-refractivity contribution in [1.82, 2.24) is 15.5 Å². The Hall–Kier alpha value is -2.87. The van der Waals surface area contributed by atoms with E-state index in [1.165, 1.54) is 0 Å². The van der Waals surface area contributed by atoms with Gasteiger partial charge in [0.05, 0.1) is 18.0 Å². The molecule has 2 fully saturated rings. The Balaban J connectivity index is 1.49. The van der Waals surface area contributed by atoms with Crippen molar-refractivity contribution in [2.45, 2.75) is 76.6 Å². The third kappa shape index (κ3) is 5.01. The molecule has 2 aliphatic heterocycles. The molecular weight excluding hydrogens is 456 g/mol. The van der Waals surface area contributed by atoms with Gasteiger partial charge in [0.2, 0.25) is 11.8 Å². The van der Waals surface area contributed by atoms with Crippen LogP contribution in [0.2, 0.25) is 0 Å². The number of amides is 2. The highest BCUT2D eigenvalue weighted by atomic mass is 16.5. The van der Waals surface area contributed by atoms with Crippen molar-refractivity contribution in [3.8, 4) is 5.75 Å². The zero-order valence-electron chi connectivity index (χ0n) is 22.1. The van der Waals surface area contributed by atoms with Crippen LogP contribution in [0.5, 0.6) is 5.75 Å². The first-order chi connectivity index (χ1) is 17.0. The predicted octanol–water partition coefficient (Wildman–Crippen LogP) is 3.78. The Morgan fingerprint density at radius 1 is 1.39 bits per heavy atom. The lowest BCUT2D eigenvalue weighted by molar-refractivity contribution is -0.133. The van der Waals surface area contributed by atoms with Gasteiger partial charge in [0, 0.05) is 37.7 Å². The monoisotopic (exact) mass is 496 g/mol. The number of methoxy groups -OCH3 is 1. The molecule has 36 heavy (non-hydrogen) atoms. The molecule has 0 aromatic heterocycles. The molecule has 0 bridgehead atoms. The molecule has 196 valence electrons. The first kappa shape index (κ1) is 26.2. The van der Waals surface area contributed by atoms with E-state index in [2.05, 4.69) is 17.2 Å². The van der Waals surface area contributed by atoms with Gasteiger partial charge < -0.3 is 20.1 Å². The molecule has 8 heteroatoms. The van der Waals surface area contributed by atoms with Gasteiger partial charge >= 0.3 is 0 Å². The maximum Gasteiger partial charge on any atom is 0.232 e. The minimum absolute atomic E-state index is 0.00788. The number of fused-ring (bicyclic) bond motifs is 1. The average Bonchev–Trinajstić information content (AvgIpc) is 3.60. The number of nitrogens with one attached hydrogen (secondary N) is 3. The molecule has 0 radical (unpaired) electrons. The lowest BCUT2D eigenvalue weighted by atomic mass is 9.81. The summed E-state index contributed by atoms with van der Waals surface area (Å²) in [6.45, 7) is 12.5. The second-order valence-corrected chi connectivity index (χ2v) is 11.3. The third-order valence-electron chi connectivity index (χ3n) is 8.01. The molecule has 5 atom stereocenters. The van der Waals surface area contributed by atoms with Crippen LogP contribution in [0.1, 0.15) is 65.0 Å². The number of ether oxygens (including phenoxy) is 2. The number of carbonyl (C=O) groups is 2. The van der Waals surface area contributed by atoms with E-state index in [0.29, 0.717) is 25.9 Å². The predicted molar refractivity (Wildman–Crippen MR) is 139 cm³/mol. The molecule has 1 saturated carbocycles. The van der Waals surface area contributed by atoms with Crippen molar-refractivity contribution in [3.63, 3.8) is 0 Å². The summed E-state index contributed by atoms with van der Waals surface area (Å²) in [5.41, 5.74) is -0.0318. The van der Waals surface area contributed by atoms with Crippen molar-refractivity contribution < 1.29 is 19.1 Å². The van der Waals surface area contributed by atoms with Crippen LogP contribution in [-0.2, 0) is 14.3 Å². The minimum Gasteiger partial charge on any atom is -0.487 e. The summed E-state index contributed by atoms with van der Waals surface area (Å²) in [5, 5.41) is 15.2. The van der Waals surface area contributed by atoms with E-state index in [-0.39, 0.29) is 59.6 Å². The molecule has 2 heterocycles. The van der Waals surface area contributed by atoms with Crippen molar-refractivity contribution in [1.29, 1.82) is 5.41 Å². The Bertz CT molecular complexity index is 1020. The van der Waals surface area contributed by atoms with Gasteiger partial charge in [-0.05, 0) is 44.6 Å². The lowest BCUT2D eigenvalue weighted by Gasteiger charge is -2.46. The minimum atomic E-state index is -0.639. The molecule has 8 nitrogen and oxygen atoms in total. The summed E-state index contributed by atoms with van der Waals surface area (Å²) in [7, 11) is 1.63. The van der Waals surface area contributed by atoms with Crippen LogP contribution in [0.25, 0.3) is 0 Å². The van der Waals surface area contributed by atoms with E-state index < -0.39 is 5.54 Å². The number of hydrogen-bond acceptors (Lipinski definition) is 5. The van der Waals surface area contributed by atoms with E-state index in [1.807, 2.05) is 52.0 Å². The smallest absolute Gasteiger partial charge is 0.232 e. The second-order valence-electron chi connectivity index (χ2n) is 11.3. The standard InChI is InChI=1S/C28H40N4O4/c1-7-28(17(2)3)16-24(33)32(26(29)31-28)22(12-13-35-6)19-14-20(19)25(34)30-21-15-27(4,5)36-23-11-9-8-10-18(21)23/h7-11,17,19-22H,1,12-16H2,2-6H3,(H2,29,31)(H,30,34)/t19-,20-,21+,22-,28+/m1/s1. The number of guanidine groups is 1. The zero-order valence-corrected chi connectivity index (χ0v) is 22.1. The summed E-state index contributed by atoms with van der Waals surface area (Å²) in [4.78, 5) is 28.3. The molecule has 0 spiro atoms. The summed E-state index contributed by atoms with van der Waals surface area (Å²) in [5.74, 6) is 0.633. The SMILES string of the molecule is C=C[C@@]1(C(C)C)CC(=O)N([C@H](CCOC)[C@@H]2C[C@H]2C(=O)N[C@H]2CC(C)(C)Oc3ccccc32)C(=N)N1. The van der Waals surface area contributed by atoms with Crippen LogP contribution in [0.15, 0.2) is 36.9 Å². The topological polar surface area (TPSA) is 104 Å². The first-order valence-corrected chi connectivity index (χ1v) is 12.9. The van der Waals surface area contributed by atoms with Gasteiger partial charge in [0.1, 0.15) is 11.4 Å². The number of nitrogens with zero attached hydrogens (tertiary/aromatic N) is 1. The highest BCUT2D eigenvalue weighted by molar-refractivity contribution is 6.00. The Morgan fingerprint density at radius 3 is 2.75 bits per heavy atom. The summed E-state index contributed by atoms with van der Waals surface area (Å²) >= 11 is 0. The van der Waals surface area contributed by atoms with E-state index in [4.69, 9.17) is 14.9 Å². The fourth-order valence-electron chi connectivity index (χ4n) is 5.77. The highest BCUT2D eigenvalue weighted by Gasteiger charge is 2.53. The number of para-hydroxylation sites is 1. The molecule has 1 saturated heterocycles. The fraction of sp³-hybridized carbons (Fsp3) is 0.607. The number of benzene rings is 1. The highest BCUT2D eigenvalue weighted by Crippen LogP contribution is 2.47. The number of hydrogen-bond donors (Lipinski definition) is 3. The Labute approximate surface area is 214 Å². The molecule has 3 N–H and O–H groups in total. The van der Waals surface area contributed by atoms with E-state index in [9.17, 15) is 9.59 Å². The molecule has 4 rings (SSSR count). The van der Waals surface area contributed by atoms with Gasteiger partial charge in [-0.25, -0.2) is 0 Å². The molecule has 0 unspecified atom stereocenters. The molecule has 2 amide bonds. The van der Waals surface area contributed by atoms with Gasteiger partial charge in [-0.15, -0.1) is 6.58 Å². The van der Waals surface area contributed by atoms with Crippen LogP contribution in [0.4, 0.5) is 0 Å². The third-order valence-corrected chi connectivity index (χ3v) is 8.01. The van der Waals surface area contributed by atoms with Crippen LogP contribution in [0, 0.1) is 23.2 Å². The molecule has 1 aliphatic carbocycles. The van der Waals surface area contributed by atoms with Gasteiger partial charge in [0.25, 0.3) is 0 Å². The summed E-state index contributed by atoms with van der Waals surface area (Å²) in [6, 6.07) is 7.43. The maximum atomic E-state index is 13.4. The fourth-order valence-corrected chi connectivity index (χ4v) is 5.77. The van der Waals surface area contributed by atoms with E-state index >= 15 is 0 Å². The normalized spacial score (nSPS) is 29.6. The Kier molecular flexibility index (Phi) is 7.19. The van der Waals surface area contributed by atoms with Crippen molar-refractivity contribution in [2.24, 2.45) is 17.8 Å². The van der Waals surface area contributed by atoms with Crippen LogP contribution >= 0.6 is 0 Å². The van der Waals surface area contributed by atoms with Crippen molar-refractivity contribution >= 4 is 17.8 Å². The van der Waals surface area contributed by atoms with E-state index in [0.717, 1.165) is 11.3 Å². The van der Waals surface area contributed by atoms with Crippen LogP contribution in [-0.4, -0.2) is 53.6 Å². The lowest BCUT2D eigenvalue weighted by Crippen LogP contribution is -2.66.